The van der Waals surface area contributed by atoms with Gasteiger partial charge in [0.2, 0.25) is 0 Å². The topological polar surface area (TPSA) is 119 Å². The second kappa shape index (κ2) is 16.7. The van der Waals surface area contributed by atoms with E-state index in [0.29, 0.717) is 36.0 Å². The summed E-state index contributed by atoms with van der Waals surface area (Å²) in [4.78, 5) is 26.8. The van der Waals surface area contributed by atoms with E-state index in [1.54, 1.807) is 28.5 Å². The summed E-state index contributed by atoms with van der Waals surface area (Å²) in [5.41, 5.74) is -1.27. The molecule has 1 aliphatic heterocycles. The number of nitrogens with one attached hydrogen (secondary N) is 1. The molecule has 1 aromatic rings. The van der Waals surface area contributed by atoms with E-state index in [4.69, 9.17) is 18.5 Å². The average Bonchev–Trinajstić information content (AvgIpc) is 3.29. The van der Waals surface area contributed by atoms with Crippen molar-refractivity contribution in [1.82, 2.24) is 14.2 Å². The quantitative estimate of drug-likeness (QED) is 0.0967. The van der Waals surface area contributed by atoms with Crippen LogP contribution < -0.4 is 11.2 Å². The standard InChI is InChI=1S/C27H47N4O6PS2/c1-10-22-23(12-24(36-22)30-13-21(9)25(32)29-26(30)33)37-38(31(18(3)4)19(5)6)35-16-27(11-2,14-28)15-34-17-39-40-20(7)8/h13,18-20,22-24H,10-12,15-17H2,1-9H3,(H,29,32,33)/t22-,23?,24-,27?,38?/m1/s1. The van der Waals surface area contributed by atoms with Crippen molar-refractivity contribution in [2.24, 2.45) is 5.41 Å². The van der Waals surface area contributed by atoms with Gasteiger partial charge < -0.3 is 18.5 Å². The van der Waals surface area contributed by atoms with Crippen LogP contribution in [0, 0.1) is 23.7 Å². The number of aromatic amines is 1. The van der Waals surface area contributed by atoms with E-state index in [0.717, 1.165) is 0 Å². The third-order valence-electron chi connectivity index (χ3n) is 6.65. The zero-order valence-corrected chi connectivity index (χ0v) is 27.9. The van der Waals surface area contributed by atoms with E-state index < -0.39 is 31.4 Å². The maximum Gasteiger partial charge on any atom is 0.330 e. The molecule has 0 spiro atoms. The molecule has 0 bridgehead atoms. The summed E-state index contributed by atoms with van der Waals surface area (Å²) in [6.45, 7) is 18.8. The summed E-state index contributed by atoms with van der Waals surface area (Å²) in [5, 5.41) is 10.6. The van der Waals surface area contributed by atoms with Crippen LogP contribution in [0.4, 0.5) is 0 Å². The highest BCUT2D eigenvalue weighted by atomic mass is 33.1. The fourth-order valence-corrected chi connectivity index (χ4v) is 7.92. The Bertz CT molecular complexity index is 1070. The second-order valence-corrected chi connectivity index (χ2v) is 15.2. The maximum absolute atomic E-state index is 12.5. The van der Waals surface area contributed by atoms with E-state index in [1.165, 1.54) is 10.8 Å². The van der Waals surface area contributed by atoms with Gasteiger partial charge >= 0.3 is 5.69 Å². The van der Waals surface area contributed by atoms with Crippen LogP contribution in [0.1, 0.15) is 86.4 Å². The molecule has 1 saturated heterocycles. The Morgan fingerprint density at radius 2 is 1.90 bits per heavy atom. The summed E-state index contributed by atoms with van der Waals surface area (Å²) in [6, 6.07) is 2.72. The molecular weight excluding hydrogens is 571 g/mol. The van der Waals surface area contributed by atoms with E-state index in [9.17, 15) is 14.9 Å². The fourth-order valence-electron chi connectivity index (χ4n) is 4.39. The number of nitrogens with zero attached hydrogens (tertiary/aromatic N) is 3. The zero-order valence-electron chi connectivity index (χ0n) is 25.3. The van der Waals surface area contributed by atoms with Crippen molar-refractivity contribution in [1.29, 1.82) is 5.26 Å². The largest absolute Gasteiger partial charge is 0.368 e. The number of hydrogen-bond donors (Lipinski definition) is 1. The molecule has 1 fully saturated rings. The maximum atomic E-state index is 12.5. The van der Waals surface area contributed by atoms with Crippen LogP contribution in [0.15, 0.2) is 15.8 Å². The van der Waals surface area contributed by atoms with Crippen molar-refractivity contribution in [3.05, 3.63) is 32.6 Å². The van der Waals surface area contributed by atoms with Crippen LogP contribution in [0.2, 0.25) is 0 Å². The van der Waals surface area contributed by atoms with E-state index in [2.05, 4.69) is 57.3 Å². The van der Waals surface area contributed by atoms with Gasteiger partial charge in [0.25, 0.3) is 14.1 Å². The van der Waals surface area contributed by atoms with Crippen LogP contribution in [0.25, 0.3) is 0 Å². The smallest absolute Gasteiger partial charge is 0.330 e. The minimum atomic E-state index is -1.57. The lowest BCUT2D eigenvalue weighted by molar-refractivity contribution is -0.0214. The SMILES string of the molecule is CC[C@H]1O[C@@H](n2cc(C)c(=O)[nH]c2=O)CC1OP(OCC(C#N)(CC)COCSSC(C)C)N(C(C)C)C(C)C. The molecule has 1 aliphatic rings. The molecule has 40 heavy (non-hydrogen) atoms. The number of rotatable bonds is 17. The summed E-state index contributed by atoms with van der Waals surface area (Å²) < 4.78 is 29.0. The highest BCUT2D eigenvalue weighted by Crippen LogP contribution is 2.51. The molecule has 0 saturated carbocycles. The lowest BCUT2D eigenvalue weighted by Gasteiger charge is -2.38. The first-order valence-corrected chi connectivity index (χ1v) is 17.5. The minimum absolute atomic E-state index is 0.132. The number of H-pyrrole nitrogens is 1. The summed E-state index contributed by atoms with van der Waals surface area (Å²) in [6.07, 6.45) is 2.07. The van der Waals surface area contributed by atoms with Crippen LogP contribution in [-0.2, 0) is 18.5 Å². The van der Waals surface area contributed by atoms with Crippen molar-refractivity contribution in [2.45, 2.75) is 117 Å². The van der Waals surface area contributed by atoms with E-state index in [-0.39, 0.29) is 37.5 Å². The van der Waals surface area contributed by atoms with Crippen molar-refractivity contribution in [2.75, 3.05) is 19.2 Å². The molecule has 0 aromatic carbocycles. The van der Waals surface area contributed by atoms with Gasteiger partial charge in [-0.25, -0.2) is 9.46 Å². The number of aryl methyl sites for hydroxylation is 1. The molecule has 10 nitrogen and oxygen atoms in total. The van der Waals surface area contributed by atoms with Gasteiger partial charge in [0.15, 0.2) is 0 Å². The Kier molecular flexibility index (Phi) is 14.7. The first-order valence-electron chi connectivity index (χ1n) is 14.0. The highest BCUT2D eigenvalue weighted by molar-refractivity contribution is 8.76. The molecule has 2 heterocycles. The molecule has 3 unspecified atom stereocenters. The summed E-state index contributed by atoms with van der Waals surface area (Å²) in [5.74, 6) is 0.504. The molecule has 1 aromatic heterocycles. The van der Waals surface area contributed by atoms with Crippen molar-refractivity contribution < 1.29 is 18.5 Å². The molecule has 1 N–H and O–H groups in total. The minimum Gasteiger partial charge on any atom is -0.368 e. The zero-order chi connectivity index (χ0) is 30.0. The molecule has 5 atom stereocenters. The summed E-state index contributed by atoms with van der Waals surface area (Å²) >= 11 is 0. The molecule has 2 rings (SSSR count). The predicted molar refractivity (Wildman–Crippen MR) is 164 cm³/mol. The first-order chi connectivity index (χ1) is 18.9. The van der Waals surface area contributed by atoms with Crippen LogP contribution >= 0.6 is 30.1 Å². The first kappa shape index (κ1) is 35.3. The molecule has 0 radical (unpaired) electrons. The number of ether oxygens (including phenoxy) is 2. The Morgan fingerprint density at radius 3 is 2.45 bits per heavy atom. The predicted octanol–water partition coefficient (Wildman–Crippen LogP) is 5.97. The van der Waals surface area contributed by atoms with Gasteiger partial charge in [-0.1, -0.05) is 49.3 Å². The van der Waals surface area contributed by atoms with Crippen LogP contribution in [0.3, 0.4) is 0 Å². The molecule has 13 heteroatoms. The molecular formula is C27H47N4O6PS2. The van der Waals surface area contributed by atoms with Crippen LogP contribution in [0.5, 0.6) is 0 Å². The highest BCUT2D eigenvalue weighted by Gasteiger charge is 2.42. The van der Waals surface area contributed by atoms with Gasteiger partial charge in [-0.3, -0.25) is 14.3 Å². The van der Waals surface area contributed by atoms with Crippen molar-refractivity contribution >= 4 is 30.1 Å². The lowest BCUT2D eigenvalue weighted by Crippen LogP contribution is -2.37. The summed E-state index contributed by atoms with van der Waals surface area (Å²) in [7, 11) is 1.83. The normalized spacial score (nSPS) is 21.9. The van der Waals surface area contributed by atoms with Gasteiger partial charge in [0, 0.05) is 35.5 Å². The molecule has 228 valence electrons. The van der Waals surface area contributed by atoms with E-state index in [1.807, 2.05) is 13.8 Å². The van der Waals surface area contributed by atoms with Crippen molar-refractivity contribution in [3.8, 4) is 6.07 Å². The Balaban J connectivity index is 2.23. The number of hydrogen-bond acceptors (Lipinski definition) is 10. The van der Waals surface area contributed by atoms with Crippen LogP contribution in [-0.4, -0.2) is 62.9 Å². The van der Waals surface area contributed by atoms with Gasteiger partial charge in [0.1, 0.15) is 17.6 Å². The van der Waals surface area contributed by atoms with Gasteiger partial charge in [0.05, 0.1) is 31.5 Å². The fraction of sp³-hybridized carbons (Fsp3) is 0.815. The Hall–Kier alpha value is -0.900. The van der Waals surface area contributed by atoms with E-state index >= 15 is 0 Å². The third-order valence-corrected chi connectivity index (χ3v) is 11.4. The molecule has 0 aliphatic carbocycles. The van der Waals surface area contributed by atoms with Crippen molar-refractivity contribution in [3.63, 3.8) is 0 Å². The average molecular weight is 619 g/mol. The lowest BCUT2D eigenvalue weighted by atomic mass is 9.89. The van der Waals surface area contributed by atoms with Gasteiger partial charge in [-0.05, 0) is 47.5 Å². The third kappa shape index (κ3) is 9.84. The number of aromatic nitrogens is 2. The molecule has 0 amide bonds. The Labute approximate surface area is 248 Å². The monoisotopic (exact) mass is 618 g/mol. The van der Waals surface area contributed by atoms with Gasteiger partial charge in [-0.2, -0.15) is 5.26 Å². The number of nitriles is 1. The second-order valence-electron chi connectivity index (χ2n) is 10.9. The Morgan fingerprint density at radius 1 is 1.23 bits per heavy atom. The van der Waals surface area contributed by atoms with Gasteiger partial charge in [-0.15, -0.1) is 0 Å².